The zero-order chi connectivity index (χ0) is 18.8. The number of carboxylic acids is 1. The van der Waals surface area contributed by atoms with E-state index in [-0.39, 0.29) is 17.9 Å². The first-order valence-corrected chi connectivity index (χ1v) is 10.0. The molecule has 0 radical (unpaired) electrons. The van der Waals surface area contributed by atoms with E-state index < -0.39 is 39.3 Å². The van der Waals surface area contributed by atoms with Crippen molar-refractivity contribution in [3.63, 3.8) is 0 Å². The average molecular weight is 373 g/mol. The van der Waals surface area contributed by atoms with Crippen molar-refractivity contribution in [2.45, 2.75) is 51.3 Å². The first-order valence-electron chi connectivity index (χ1n) is 8.21. The van der Waals surface area contributed by atoms with E-state index >= 15 is 0 Å². The summed E-state index contributed by atoms with van der Waals surface area (Å²) >= 11 is 0. The molecule has 0 bridgehead atoms. The van der Waals surface area contributed by atoms with Crippen LogP contribution in [0.1, 0.15) is 45.2 Å². The molecular weight excluding hydrogens is 349 g/mol. The minimum atomic E-state index is -3.27. The first kappa shape index (κ1) is 19.7. The van der Waals surface area contributed by atoms with Crippen LogP contribution >= 0.6 is 0 Å². The number of halogens is 1. The third-order valence-electron chi connectivity index (χ3n) is 4.29. The zero-order valence-corrected chi connectivity index (χ0v) is 15.4. The highest BCUT2D eigenvalue weighted by atomic mass is 32.2. The number of sulfone groups is 1. The van der Waals surface area contributed by atoms with Gasteiger partial charge in [0.2, 0.25) is 0 Å². The van der Waals surface area contributed by atoms with Gasteiger partial charge in [-0.25, -0.2) is 12.8 Å². The number of hydrogen-bond acceptors (Lipinski definition) is 5. The van der Waals surface area contributed by atoms with Crippen LogP contribution in [0.2, 0.25) is 0 Å². The molecule has 0 saturated carbocycles. The number of carbonyl (C=O) groups is 1. The predicted octanol–water partition coefficient (Wildman–Crippen LogP) is 2.30. The Bertz CT molecular complexity index is 747. The Kier molecular flexibility index (Phi) is 5.73. The topological polar surface area (TPSA) is 92.7 Å². The van der Waals surface area contributed by atoms with Crippen molar-refractivity contribution in [2.24, 2.45) is 0 Å². The fourth-order valence-electron chi connectivity index (χ4n) is 2.94. The molecule has 0 aromatic heterocycles. The maximum absolute atomic E-state index is 13.6. The summed E-state index contributed by atoms with van der Waals surface area (Å²) in [7, 11) is -3.27. The van der Waals surface area contributed by atoms with E-state index in [0.29, 0.717) is 17.7 Å². The van der Waals surface area contributed by atoms with Crippen molar-refractivity contribution >= 4 is 15.8 Å². The van der Waals surface area contributed by atoms with Crippen LogP contribution in [0.15, 0.2) is 18.2 Å². The van der Waals surface area contributed by atoms with Gasteiger partial charge in [-0.3, -0.25) is 10.1 Å². The molecule has 6 nitrogen and oxygen atoms in total. The van der Waals surface area contributed by atoms with E-state index in [2.05, 4.69) is 5.32 Å². The molecule has 0 spiro atoms. The quantitative estimate of drug-likeness (QED) is 0.762. The minimum absolute atomic E-state index is 0.0301. The lowest BCUT2D eigenvalue weighted by molar-refractivity contribution is -0.140. The lowest BCUT2D eigenvalue weighted by Crippen LogP contribution is -2.46. The Morgan fingerprint density at radius 3 is 2.76 bits per heavy atom. The molecule has 2 unspecified atom stereocenters. The zero-order valence-electron chi connectivity index (χ0n) is 14.6. The molecule has 140 valence electrons. The maximum atomic E-state index is 13.6. The van der Waals surface area contributed by atoms with E-state index in [1.54, 1.807) is 0 Å². The molecular formula is C17H24FNO5S. The summed E-state index contributed by atoms with van der Waals surface area (Å²) in [6.07, 6.45) is 0.391. The van der Waals surface area contributed by atoms with Crippen molar-refractivity contribution in [3.8, 4) is 5.75 Å². The van der Waals surface area contributed by atoms with Crippen molar-refractivity contribution in [1.29, 1.82) is 0 Å². The van der Waals surface area contributed by atoms with Crippen LogP contribution in [0.4, 0.5) is 4.39 Å². The standard InChI is InChI=1S/C17H24FNO5S/c1-4-25(22,23)8-7-13(16(20)21)19-14-10-17(2,3)24-15-6-5-11(18)9-12(14)15/h5-6,9,13-14,19H,4,7-8,10H2,1-3H3,(H,20,21). The Balaban J connectivity index is 2.23. The third-order valence-corrected chi connectivity index (χ3v) is 6.02. The number of nitrogens with one attached hydrogen (secondary N) is 1. The van der Waals surface area contributed by atoms with Gasteiger partial charge in [-0.15, -0.1) is 0 Å². The number of aliphatic carboxylic acids is 1. The maximum Gasteiger partial charge on any atom is 0.320 e. The molecule has 0 aliphatic carbocycles. The van der Waals surface area contributed by atoms with Gasteiger partial charge >= 0.3 is 5.97 Å². The van der Waals surface area contributed by atoms with Crippen LogP contribution in [-0.4, -0.2) is 42.6 Å². The summed E-state index contributed by atoms with van der Waals surface area (Å²) in [6, 6.07) is 2.65. The lowest BCUT2D eigenvalue weighted by Gasteiger charge is -2.39. The van der Waals surface area contributed by atoms with E-state index in [9.17, 15) is 22.7 Å². The van der Waals surface area contributed by atoms with Gasteiger partial charge in [0.15, 0.2) is 0 Å². The van der Waals surface area contributed by atoms with Gasteiger partial charge in [0.05, 0.1) is 5.75 Å². The number of carboxylic acid groups (broad SMARTS) is 1. The number of benzene rings is 1. The molecule has 2 N–H and O–H groups in total. The van der Waals surface area contributed by atoms with E-state index in [0.717, 1.165) is 0 Å². The molecule has 1 aliphatic heterocycles. The summed E-state index contributed by atoms with van der Waals surface area (Å²) in [6.45, 7) is 5.26. The van der Waals surface area contributed by atoms with Gasteiger partial charge in [0.25, 0.3) is 0 Å². The Hall–Kier alpha value is -1.67. The fourth-order valence-corrected chi connectivity index (χ4v) is 3.82. The van der Waals surface area contributed by atoms with Gasteiger partial charge in [0, 0.05) is 23.8 Å². The van der Waals surface area contributed by atoms with E-state index in [1.807, 2.05) is 13.8 Å². The first-order chi connectivity index (χ1) is 11.5. The van der Waals surface area contributed by atoms with E-state index in [1.165, 1.54) is 25.1 Å². The Morgan fingerprint density at radius 2 is 2.16 bits per heavy atom. The van der Waals surface area contributed by atoms with Crippen LogP contribution in [0.5, 0.6) is 5.75 Å². The van der Waals surface area contributed by atoms with E-state index in [4.69, 9.17) is 4.74 Å². The van der Waals surface area contributed by atoms with Gasteiger partial charge in [-0.2, -0.15) is 0 Å². The summed E-state index contributed by atoms with van der Waals surface area (Å²) in [5.74, 6) is -1.31. The smallest absolute Gasteiger partial charge is 0.320 e. The molecule has 1 aromatic rings. The lowest BCUT2D eigenvalue weighted by atomic mass is 9.89. The largest absolute Gasteiger partial charge is 0.487 e. The monoisotopic (exact) mass is 373 g/mol. The Labute approximate surface area is 147 Å². The summed E-state index contributed by atoms with van der Waals surface area (Å²) in [4.78, 5) is 11.6. The second-order valence-corrected chi connectivity index (χ2v) is 9.36. The van der Waals surface area contributed by atoms with Crippen LogP contribution in [0.25, 0.3) is 0 Å². The predicted molar refractivity (Wildman–Crippen MR) is 92.0 cm³/mol. The molecule has 0 saturated heterocycles. The van der Waals surface area contributed by atoms with Crippen LogP contribution in [0, 0.1) is 5.82 Å². The Morgan fingerprint density at radius 1 is 1.48 bits per heavy atom. The fraction of sp³-hybridized carbons (Fsp3) is 0.588. The van der Waals surface area contributed by atoms with Crippen molar-refractivity contribution < 1.29 is 27.4 Å². The molecule has 0 fully saturated rings. The highest BCUT2D eigenvalue weighted by molar-refractivity contribution is 7.91. The second-order valence-electron chi connectivity index (χ2n) is 6.88. The third kappa shape index (κ3) is 5.15. The van der Waals surface area contributed by atoms with Crippen LogP contribution < -0.4 is 10.1 Å². The second kappa shape index (κ2) is 7.29. The van der Waals surface area contributed by atoms with Gasteiger partial charge in [0.1, 0.15) is 33.0 Å². The number of rotatable bonds is 7. The SMILES string of the molecule is CCS(=O)(=O)CCC(NC1CC(C)(C)Oc2ccc(F)cc21)C(=O)O. The van der Waals surface area contributed by atoms with Crippen LogP contribution in [0.3, 0.4) is 0 Å². The van der Waals surface area contributed by atoms with Crippen LogP contribution in [-0.2, 0) is 14.6 Å². The number of fused-ring (bicyclic) bond motifs is 1. The molecule has 1 heterocycles. The summed E-state index contributed by atoms with van der Waals surface area (Å²) < 4.78 is 42.8. The summed E-state index contributed by atoms with van der Waals surface area (Å²) in [5, 5.41) is 12.4. The molecule has 2 rings (SSSR count). The van der Waals surface area contributed by atoms with Crippen molar-refractivity contribution in [1.82, 2.24) is 5.32 Å². The molecule has 1 aliphatic rings. The van der Waals surface area contributed by atoms with Crippen molar-refractivity contribution in [2.75, 3.05) is 11.5 Å². The van der Waals surface area contributed by atoms with Gasteiger partial charge in [-0.1, -0.05) is 6.92 Å². The highest BCUT2D eigenvalue weighted by Crippen LogP contribution is 2.40. The number of hydrogen-bond donors (Lipinski definition) is 2. The highest BCUT2D eigenvalue weighted by Gasteiger charge is 2.36. The van der Waals surface area contributed by atoms with Crippen molar-refractivity contribution in [3.05, 3.63) is 29.6 Å². The molecule has 0 amide bonds. The molecule has 8 heteroatoms. The van der Waals surface area contributed by atoms with Gasteiger partial charge in [-0.05, 0) is 38.5 Å². The molecule has 1 aromatic carbocycles. The minimum Gasteiger partial charge on any atom is -0.487 e. The van der Waals surface area contributed by atoms with Gasteiger partial charge < -0.3 is 9.84 Å². The number of ether oxygens (including phenoxy) is 1. The molecule has 2 atom stereocenters. The summed E-state index contributed by atoms with van der Waals surface area (Å²) in [5.41, 5.74) is -0.00922. The average Bonchev–Trinajstić information content (AvgIpc) is 2.51. The normalized spacial score (nSPS) is 20.4. The molecule has 25 heavy (non-hydrogen) atoms.